The minimum Gasteiger partial charge on any atom is -0.491 e. The lowest BCUT2D eigenvalue weighted by Gasteiger charge is -2.25. The molecule has 0 radical (unpaired) electrons. The number of para-hydroxylation sites is 1. The Morgan fingerprint density at radius 2 is 1.93 bits per heavy atom. The van der Waals surface area contributed by atoms with E-state index < -0.39 is 5.60 Å². The van der Waals surface area contributed by atoms with E-state index in [0.29, 0.717) is 6.42 Å². The normalized spacial score (nSPS) is 15.1. The van der Waals surface area contributed by atoms with Gasteiger partial charge in [-0.25, -0.2) is 0 Å². The number of aliphatic hydroxyl groups is 1. The van der Waals surface area contributed by atoms with Crippen LogP contribution in [0.5, 0.6) is 5.75 Å². The number of hydrogen-bond acceptors (Lipinski definition) is 2. The molecule has 0 spiro atoms. The Hall–Kier alpha value is -1.02. The summed E-state index contributed by atoms with van der Waals surface area (Å²) < 4.78 is 5.67. The molecule has 0 fully saturated rings. The third kappa shape index (κ3) is 2.96. The van der Waals surface area contributed by atoms with Crippen LogP contribution in [0, 0.1) is 0 Å². The maximum Gasteiger partial charge on any atom is 0.125 e. The SMILES string of the molecule is CC[C@@](C)(O)c1ccccc1OC(C)C. The van der Waals surface area contributed by atoms with E-state index in [1.807, 2.05) is 52.0 Å². The molecule has 0 aliphatic carbocycles. The van der Waals surface area contributed by atoms with E-state index in [-0.39, 0.29) is 6.10 Å². The van der Waals surface area contributed by atoms with Crippen molar-refractivity contribution in [2.45, 2.75) is 45.8 Å². The van der Waals surface area contributed by atoms with Gasteiger partial charge in [0.2, 0.25) is 0 Å². The largest absolute Gasteiger partial charge is 0.491 e. The molecule has 1 rings (SSSR count). The summed E-state index contributed by atoms with van der Waals surface area (Å²) in [7, 11) is 0. The van der Waals surface area contributed by atoms with Crippen molar-refractivity contribution in [1.82, 2.24) is 0 Å². The van der Waals surface area contributed by atoms with Gasteiger partial charge in [-0.15, -0.1) is 0 Å². The van der Waals surface area contributed by atoms with Gasteiger partial charge in [0.1, 0.15) is 5.75 Å². The average Bonchev–Trinajstić information content (AvgIpc) is 2.17. The predicted molar refractivity (Wildman–Crippen MR) is 62.1 cm³/mol. The van der Waals surface area contributed by atoms with Crippen molar-refractivity contribution in [2.75, 3.05) is 0 Å². The van der Waals surface area contributed by atoms with E-state index in [4.69, 9.17) is 4.74 Å². The van der Waals surface area contributed by atoms with Crippen molar-refractivity contribution >= 4 is 0 Å². The molecule has 1 atom stereocenters. The van der Waals surface area contributed by atoms with Gasteiger partial charge in [-0.2, -0.15) is 0 Å². The van der Waals surface area contributed by atoms with E-state index in [0.717, 1.165) is 11.3 Å². The standard InChI is InChI=1S/C13H20O2/c1-5-13(4,14)11-8-6-7-9-12(11)15-10(2)3/h6-10,14H,5H2,1-4H3/t13-/m1/s1. The van der Waals surface area contributed by atoms with Gasteiger partial charge in [-0.3, -0.25) is 0 Å². The summed E-state index contributed by atoms with van der Waals surface area (Å²) in [6.07, 6.45) is 0.796. The lowest BCUT2D eigenvalue weighted by molar-refractivity contribution is 0.0486. The van der Waals surface area contributed by atoms with Gasteiger partial charge in [-0.1, -0.05) is 25.1 Å². The summed E-state index contributed by atoms with van der Waals surface area (Å²) in [5.41, 5.74) is 0.0482. The maximum absolute atomic E-state index is 10.2. The topological polar surface area (TPSA) is 29.5 Å². The number of rotatable bonds is 4. The number of benzene rings is 1. The molecule has 0 saturated heterocycles. The second-order valence-corrected chi connectivity index (χ2v) is 4.29. The summed E-state index contributed by atoms with van der Waals surface area (Å²) in [5, 5.41) is 10.2. The Balaban J connectivity index is 3.06. The van der Waals surface area contributed by atoms with Crippen LogP contribution in [-0.4, -0.2) is 11.2 Å². The zero-order valence-electron chi connectivity index (χ0n) is 9.95. The van der Waals surface area contributed by atoms with Crippen LogP contribution in [0.2, 0.25) is 0 Å². The quantitative estimate of drug-likeness (QED) is 0.824. The molecular weight excluding hydrogens is 188 g/mol. The summed E-state index contributed by atoms with van der Waals surface area (Å²) in [6.45, 7) is 7.75. The van der Waals surface area contributed by atoms with Crippen LogP contribution >= 0.6 is 0 Å². The van der Waals surface area contributed by atoms with E-state index in [1.165, 1.54) is 0 Å². The predicted octanol–water partition coefficient (Wildman–Crippen LogP) is 3.09. The van der Waals surface area contributed by atoms with Crippen molar-refractivity contribution < 1.29 is 9.84 Å². The summed E-state index contributed by atoms with van der Waals surface area (Å²) in [6, 6.07) is 7.67. The second-order valence-electron chi connectivity index (χ2n) is 4.29. The van der Waals surface area contributed by atoms with Gasteiger partial charge >= 0.3 is 0 Å². The Kier molecular flexibility index (Phi) is 3.75. The van der Waals surface area contributed by atoms with Gasteiger partial charge in [0.05, 0.1) is 11.7 Å². The van der Waals surface area contributed by atoms with Crippen molar-refractivity contribution in [3.8, 4) is 5.75 Å². The highest BCUT2D eigenvalue weighted by Crippen LogP contribution is 2.32. The Labute approximate surface area is 91.9 Å². The molecule has 0 heterocycles. The maximum atomic E-state index is 10.2. The second kappa shape index (κ2) is 4.67. The first-order valence-electron chi connectivity index (χ1n) is 5.46. The van der Waals surface area contributed by atoms with Crippen molar-refractivity contribution in [2.24, 2.45) is 0 Å². The lowest BCUT2D eigenvalue weighted by Crippen LogP contribution is -2.21. The highest BCUT2D eigenvalue weighted by molar-refractivity contribution is 5.37. The fraction of sp³-hybridized carbons (Fsp3) is 0.538. The summed E-state index contributed by atoms with van der Waals surface area (Å²) in [5.74, 6) is 0.777. The van der Waals surface area contributed by atoms with E-state index in [2.05, 4.69) is 0 Å². The summed E-state index contributed by atoms with van der Waals surface area (Å²) >= 11 is 0. The summed E-state index contributed by atoms with van der Waals surface area (Å²) in [4.78, 5) is 0. The van der Waals surface area contributed by atoms with Crippen LogP contribution in [0.3, 0.4) is 0 Å². The first kappa shape index (κ1) is 12.1. The van der Waals surface area contributed by atoms with Gasteiger partial charge in [-0.05, 0) is 33.3 Å². The zero-order chi connectivity index (χ0) is 11.5. The number of hydrogen-bond donors (Lipinski definition) is 1. The van der Waals surface area contributed by atoms with Gasteiger partial charge in [0.25, 0.3) is 0 Å². The molecular formula is C13H20O2. The fourth-order valence-corrected chi connectivity index (χ4v) is 1.46. The van der Waals surface area contributed by atoms with Crippen LogP contribution in [-0.2, 0) is 5.60 Å². The molecule has 2 nitrogen and oxygen atoms in total. The van der Waals surface area contributed by atoms with Gasteiger partial charge < -0.3 is 9.84 Å². The third-order valence-corrected chi connectivity index (χ3v) is 2.52. The highest BCUT2D eigenvalue weighted by atomic mass is 16.5. The van der Waals surface area contributed by atoms with Crippen molar-refractivity contribution in [1.29, 1.82) is 0 Å². The molecule has 1 N–H and O–H groups in total. The molecule has 0 aliphatic rings. The monoisotopic (exact) mass is 208 g/mol. The molecule has 0 bridgehead atoms. The van der Waals surface area contributed by atoms with Crippen molar-refractivity contribution in [3.05, 3.63) is 29.8 Å². The Morgan fingerprint density at radius 1 is 1.33 bits per heavy atom. The van der Waals surface area contributed by atoms with Crippen LogP contribution in [0.4, 0.5) is 0 Å². The average molecular weight is 208 g/mol. The minimum absolute atomic E-state index is 0.124. The molecule has 15 heavy (non-hydrogen) atoms. The third-order valence-electron chi connectivity index (χ3n) is 2.52. The van der Waals surface area contributed by atoms with Crippen LogP contribution < -0.4 is 4.74 Å². The molecule has 1 aromatic rings. The first-order chi connectivity index (χ1) is 6.97. The molecule has 1 aromatic carbocycles. The highest BCUT2D eigenvalue weighted by Gasteiger charge is 2.24. The Morgan fingerprint density at radius 3 is 2.47 bits per heavy atom. The van der Waals surface area contributed by atoms with Crippen LogP contribution in [0.1, 0.15) is 39.7 Å². The minimum atomic E-state index is -0.814. The van der Waals surface area contributed by atoms with E-state index >= 15 is 0 Å². The zero-order valence-corrected chi connectivity index (χ0v) is 9.95. The van der Waals surface area contributed by atoms with Crippen molar-refractivity contribution in [3.63, 3.8) is 0 Å². The van der Waals surface area contributed by atoms with Crippen LogP contribution in [0.25, 0.3) is 0 Å². The molecule has 0 aromatic heterocycles. The Bertz CT molecular complexity index is 316. The number of ether oxygens (including phenoxy) is 1. The van der Waals surface area contributed by atoms with E-state index in [1.54, 1.807) is 0 Å². The van der Waals surface area contributed by atoms with Gasteiger partial charge in [0.15, 0.2) is 0 Å². The first-order valence-corrected chi connectivity index (χ1v) is 5.46. The molecule has 0 saturated carbocycles. The lowest BCUT2D eigenvalue weighted by atomic mass is 9.92. The van der Waals surface area contributed by atoms with Crippen LogP contribution in [0.15, 0.2) is 24.3 Å². The molecule has 2 heteroatoms. The smallest absolute Gasteiger partial charge is 0.125 e. The van der Waals surface area contributed by atoms with Gasteiger partial charge in [0, 0.05) is 5.56 Å². The fourth-order valence-electron chi connectivity index (χ4n) is 1.46. The molecule has 0 unspecified atom stereocenters. The van der Waals surface area contributed by atoms with E-state index in [9.17, 15) is 5.11 Å². The molecule has 0 aliphatic heterocycles. The molecule has 84 valence electrons. The molecule has 0 amide bonds.